The molecule has 0 atom stereocenters. The molecule has 1 amide bonds. The van der Waals surface area contributed by atoms with Crippen molar-refractivity contribution in [2.75, 3.05) is 42.9 Å². The Morgan fingerprint density at radius 1 is 1.03 bits per heavy atom. The number of nitrogens with one attached hydrogen (secondary N) is 1. The zero-order valence-electron chi connectivity index (χ0n) is 20.3. The lowest BCUT2D eigenvalue weighted by molar-refractivity contribution is 0.102. The Kier molecular flexibility index (Phi) is 7.06. The fraction of sp³-hybridized carbons (Fsp3) is 0.286. The molecule has 5 rings (SSSR count). The third kappa shape index (κ3) is 5.52. The molecule has 7 heteroatoms. The molecule has 6 nitrogen and oxygen atoms in total. The van der Waals surface area contributed by atoms with Crippen molar-refractivity contribution in [1.82, 2.24) is 14.3 Å². The van der Waals surface area contributed by atoms with Crippen molar-refractivity contribution in [2.24, 2.45) is 0 Å². The molecule has 3 heterocycles. The van der Waals surface area contributed by atoms with Crippen molar-refractivity contribution in [3.05, 3.63) is 89.9 Å². The number of imidazole rings is 1. The molecule has 4 aromatic rings. The van der Waals surface area contributed by atoms with E-state index >= 15 is 0 Å². The number of benzene rings is 2. The van der Waals surface area contributed by atoms with Crippen LogP contribution in [0.25, 0.3) is 5.65 Å². The van der Waals surface area contributed by atoms with Gasteiger partial charge in [0.15, 0.2) is 0 Å². The van der Waals surface area contributed by atoms with Crippen molar-refractivity contribution in [3.8, 4) is 0 Å². The number of carbonyl (C=O) groups is 1. The van der Waals surface area contributed by atoms with E-state index in [1.165, 1.54) is 5.69 Å². The summed E-state index contributed by atoms with van der Waals surface area (Å²) in [6.07, 6.45) is 4.07. The zero-order chi connectivity index (χ0) is 24.2. The van der Waals surface area contributed by atoms with E-state index in [2.05, 4.69) is 52.3 Å². The first-order chi connectivity index (χ1) is 17.1. The highest BCUT2D eigenvalue weighted by atomic mass is 32.2. The van der Waals surface area contributed by atoms with Gasteiger partial charge in [0, 0.05) is 66.2 Å². The van der Waals surface area contributed by atoms with Gasteiger partial charge in [-0.15, -0.1) is 11.8 Å². The van der Waals surface area contributed by atoms with Gasteiger partial charge in [-0.2, -0.15) is 0 Å². The number of hydrogen-bond donors (Lipinski definition) is 1. The standard InChI is InChI=1S/C28H31N5OS/c1-3-31-14-16-32(17-15-31)24-9-12-26(21(2)18-24)30-28(34)22-7-10-25(11-8-22)35-20-23-19-33-13-5-4-6-27(33)29-23/h4-13,18-19H,3,14-17,20H2,1-2H3,(H,30,34). The first-order valence-corrected chi connectivity index (χ1v) is 13.1. The summed E-state index contributed by atoms with van der Waals surface area (Å²) < 4.78 is 2.03. The van der Waals surface area contributed by atoms with Crippen LogP contribution in [0.5, 0.6) is 0 Å². The summed E-state index contributed by atoms with van der Waals surface area (Å²) in [6.45, 7) is 9.66. The second kappa shape index (κ2) is 10.5. The lowest BCUT2D eigenvalue weighted by Crippen LogP contribution is -2.46. The van der Waals surface area contributed by atoms with Crippen LogP contribution in [0.4, 0.5) is 11.4 Å². The van der Waals surface area contributed by atoms with Crippen molar-refractivity contribution in [2.45, 2.75) is 24.5 Å². The molecule has 0 bridgehead atoms. The first kappa shape index (κ1) is 23.5. The maximum atomic E-state index is 12.9. The summed E-state index contributed by atoms with van der Waals surface area (Å²) in [6, 6.07) is 20.1. The van der Waals surface area contributed by atoms with E-state index in [1.807, 2.05) is 59.1 Å². The van der Waals surface area contributed by atoms with E-state index in [-0.39, 0.29) is 5.91 Å². The summed E-state index contributed by atoms with van der Waals surface area (Å²) in [7, 11) is 0. The van der Waals surface area contributed by atoms with E-state index in [9.17, 15) is 4.79 Å². The number of thioether (sulfide) groups is 1. The molecule has 1 N–H and O–H groups in total. The van der Waals surface area contributed by atoms with Crippen molar-refractivity contribution < 1.29 is 4.79 Å². The molecule has 1 saturated heterocycles. The van der Waals surface area contributed by atoms with Crippen LogP contribution in [0.15, 0.2) is 78.0 Å². The number of likely N-dealkylation sites (N-methyl/N-ethyl adjacent to an activating group) is 1. The number of rotatable bonds is 7. The van der Waals surface area contributed by atoms with Crippen LogP contribution in [-0.2, 0) is 5.75 Å². The van der Waals surface area contributed by atoms with E-state index in [0.29, 0.717) is 5.56 Å². The van der Waals surface area contributed by atoms with Crippen LogP contribution in [0.1, 0.15) is 28.5 Å². The summed E-state index contributed by atoms with van der Waals surface area (Å²) >= 11 is 1.72. The summed E-state index contributed by atoms with van der Waals surface area (Å²) in [5.74, 6) is 0.695. The lowest BCUT2D eigenvalue weighted by Gasteiger charge is -2.35. The Balaban J connectivity index is 1.17. The fourth-order valence-electron chi connectivity index (χ4n) is 4.42. The quantitative estimate of drug-likeness (QED) is 0.359. The maximum absolute atomic E-state index is 12.9. The summed E-state index contributed by atoms with van der Waals surface area (Å²) in [5, 5.41) is 3.08. The van der Waals surface area contributed by atoms with Crippen molar-refractivity contribution in [1.29, 1.82) is 0 Å². The summed E-state index contributed by atoms with van der Waals surface area (Å²) in [4.78, 5) is 23.5. The van der Waals surface area contributed by atoms with Gasteiger partial charge in [-0.05, 0) is 73.6 Å². The van der Waals surface area contributed by atoms with Crippen molar-refractivity contribution in [3.63, 3.8) is 0 Å². The van der Waals surface area contributed by atoms with E-state index in [0.717, 1.165) is 66.0 Å². The van der Waals surface area contributed by atoms with Gasteiger partial charge in [0.05, 0.1) is 5.69 Å². The number of fused-ring (bicyclic) bond motifs is 1. The van der Waals surface area contributed by atoms with Gasteiger partial charge in [0.2, 0.25) is 0 Å². The van der Waals surface area contributed by atoms with Gasteiger partial charge in [0.25, 0.3) is 5.91 Å². The molecule has 0 unspecified atom stereocenters. The minimum absolute atomic E-state index is 0.0886. The Labute approximate surface area is 211 Å². The maximum Gasteiger partial charge on any atom is 0.255 e. The highest BCUT2D eigenvalue weighted by Gasteiger charge is 2.17. The zero-order valence-corrected chi connectivity index (χ0v) is 21.1. The number of anilines is 2. The SMILES string of the molecule is CCN1CCN(c2ccc(NC(=O)c3ccc(SCc4cn5ccccc5n4)cc3)c(C)c2)CC1. The predicted molar refractivity (Wildman–Crippen MR) is 145 cm³/mol. The molecule has 0 aliphatic carbocycles. The fourth-order valence-corrected chi connectivity index (χ4v) is 5.20. The Morgan fingerprint density at radius 2 is 1.83 bits per heavy atom. The van der Waals surface area contributed by atoms with Crippen LogP contribution >= 0.6 is 11.8 Å². The Bertz CT molecular complexity index is 1280. The third-order valence-corrected chi connectivity index (χ3v) is 7.61. The number of aromatic nitrogens is 2. The van der Waals surface area contributed by atoms with E-state index in [1.54, 1.807) is 11.8 Å². The third-order valence-electron chi connectivity index (χ3n) is 6.56. The average Bonchev–Trinajstić information content (AvgIpc) is 3.32. The van der Waals surface area contributed by atoms with E-state index < -0.39 is 0 Å². The minimum Gasteiger partial charge on any atom is -0.369 e. The molecule has 1 aliphatic rings. The van der Waals surface area contributed by atoms with Gasteiger partial charge in [-0.25, -0.2) is 4.98 Å². The van der Waals surface area contributed by atoms with Crippen LogP contribution in [0, 0.1) is 6.92 Å². The van der Waals surface area contributed by atoms with Gasteiger partial charge in [-0.1, -0.05) is 13.0 Å². The minimum atomic E-state index is -0.0886. The number of pyridine rings is 1. The van der Waals surface area contributed by atoms with Gasteiger partial charge >= 0.3 is 0 Å². The van der Waals surface area contributed by atoms with Crippen LogP contribution in [0.2, 0.25) is 0 Å². The highest BCUT2D eigenvalue weighted by Crippen LogP contribution is 2.26. The first-order valence-electron chi connectivity index (χ1n) is 12.1. The monoisotopic (exact) mass is 485 g/mol. The number of amides is 1. The molecule has 1 aliphatic heterocycles. The number of aryl methyl sites for hydroxylation is 1. The predicted octanol–water partition coefficient (Wildman–Crippen LogP) is 5.33. The topological polar surface area (TPSA) is 52.9 Å². The number of piperazine rings is 1. The molecular weight excluding hydrogens is 454 g/mol. The molecule has 180 valence electrons. The smallest absolute Gasteiger partial charge is 0.255 e. The molecule has 0 saturated carbocycles. The molecular formula is C28H31N5OS. The van der Waals surface area contributed by atoms with Crippen molar-refractivity contribution >= 4 is 34.7 Å². The summed E-state index contributed by atoms with van der Waals surface area (Å²) in [5.41, 5.74) is 5.81. The molecule has 2 aromatic heterocycles. The van der Waals surface area contributed by atoms with Crippen LogP contribution in [0.3, 0.4) is 0 Å². The average molecular weight is 486 g/mol. The molecule has 0 spiro atoms. The number of hydrogen-bond acceptors (Lipinski definition) is 5. The van der Waals surface area contributed by atoms with Gasteiger partial charge in [0.1, 0.15) is 5.65 Å². The van der Waals surface area contributed by atoms with Crippen LogP contribution in [-0.4, -0.2) is 52.9 Å². The lowest BCUT2D eigenvalue weighted by atomic mass is 10.1. The van der Waals surface area contributed by atoms with Gasteiger partial charge in [-0.3, -0.25) is 4.79 Å². The normalized spacial score (nSPS) is 14.4. The Morgan fingerprint density at radius 3 is 2.54 bits per heavy atom. The highest BCUT2D eigenvalue weighted by molar-refractivity contribution is 7.98. The molecule has 0 radical (unpaired) electrons. The second-order valence-electron chi connectivity index (χ2n) is 8.89. The number of nitrogens with zero attached hydrogens (tertiary/aromatic N) is 4. The van der Waals surface area contributed by atoms with E-state index in [4.69, 9.17) is 0 Å². The Hall–Kier alpha value is -3.29. The largest absolute Gasteiger partial charge is 0.369 e. The number of carbonyl (C=O) groups excluding carboxylic acids is 1. The second-order valence-corrected chi connectivity index (χ2v) is 9.93. The molecule has 35 heavy (non-hydrogen) atoms. The molecule has 2 aromatic carbocycles. The molecule has 1 fully saturated rings. The van der Waals surface area contributed by atoms with Gasteiger partial charge < -0.3 is 19.5 Å². The van der Waals surface area contributed by atoms with Crippen LogP contribution < -0.4 is 10.2 Å².